The predicted octanol–water partition coefficient (Wildman–Crippen LogP) is 0.740. The molecule has 1 unspecified atom stereocenters. The Balaban J connectivity index is 0.000000217. The molecule has 1 rings (SSSR count). The van der Waals surface area contributed by atoms with Crippen LogP contribution in [0, 0.1) is 0 Å². The number of hydrogen-bond donors (Lipinski definition) is 2. The average molecular weight is 174 g/mol. The number of nitrogens with one attached hydrogen (secondary N) is 1. The van der Waals surface area contributed by atoms with Gasteiger partial charge in [0.1, 0.15) is 0 Å². The molecule has 0 aliphatic carbocycles. The zero-order valence-electron chi connectivity index (χ0n) is 8.31. The molecule has 0 amide bonds. The van der Waals surface area contributed by atoms with Crippen LogP contribution in [0.1, 0.15) is 26.7 Å². The van der Waals surface area contributed by atoms with Gasteiger partial charge in [-0.15, -0.1) is 0 Å². The van der Waals surface area contributed by atoms with E-state index in [0.29, 0.717) is 6.10 Å². The second kappa shape index (κ2) is 8.97. The molecule has 0 bridgehead atoms. The summed E-state index contributed by atoms with van der Waals surface area (Å²) in [5.41, 5.74) is 5.14. The zero-order chi connectivity index (χ0) is 9.23. The summed E-state index contributed by atoms with van der Waals surface area (Å²) < 4.78 is 5.22. The van der Waals surface area contributed by atoms with E-state index in [1.54, 1.807) is 0 Å². The number of rotatable bonds is 2. The maximum Gasteiger partial charge on any atom is 0.0672 e. The van der Waals surface area contributed by atoms with Crippen LogP contribution >= 0.6 is 0 Å². The van der Waals surface area contributed by atoms with E-state index in [4.69, 9.17) is 10.5 Å². The van der Waals surface area contributed by atoms with Crippen molar-refractivity contribution in [3.05, 3.63) is 0 Å². The van der Waals surface area contributed by atoms with E-state index in [1.165, 1.54) is 12.8 Å². The predicted molar refractivity (Wildman–Crippen MR) is 52.2 cm³/mol. The van der Waals surface area contributed by atoms with Crippen LogP contribution in [0.5, 0.6) is 0 Å². The quantitative estimate of drug-likeness (QED) is 0.649. The Morgan fingerprint density at radius 1 is 1.58 bits per heavy atom. The second-order valence-electron chi connectivity index (χ2n) is 3.03. The number of ether oxygens (including phenoxy) is 1. The smallest absolute Gasteiger partial charge is 0.0672 e. The summed E-state index contributed by atoms with van der Waals surface area (Å²) in [5, 5.41) is 3.21. The van der Waals surface area contributed by atoms with E-state index in [1.807, 2.05) is 0 Å². The van der Waals surface area contributed by atoms with E-state index in [-0.39, 0.29) is 0 Å². The van der Waals surface area contributed by atoms with Crippen molar-refractivity contribution in [2.75, 3.05) is 26.2 Å². The van der Waals surface area contributed by atoms with Crippen LogP contribution < -0.4 is 11.1 Å². The van der Waals surface area contributed by atoms with Crippen molar-refractivity contribution in [3.63, 3.8) is 0 Å². The standard InChI is InChI=1S/C5H11NO.C4H11N/c1-5-4-6-2-3-7-5;1-2-3-4-5/h5-6H,2-4H2,1H3;2-5H2,1H3. The lowest BCUT2D eigenvalue weighted by molar-refractivity contribution is 0.0410. The van der Waals surface area contributed by atoms with E-state index >= 15 is 0 Å². The molecule has 1 heterocycles. The molecular formula is C9H22N2O. The van der Waals surface area contributed by atoms with Crippen LogP contribution in [-0.4, -0.2) is 32.3 Å². The van der Waals surface area contributed by atoms with E-state index in [2.05, 4.69) is 19.2 Å². The highest BCUT2D eigenvalue weighted by atomic mass is 16.5. The van der Waals surface area contributed by atoms with Gasteiger partial charge >= 0.3 is 0 Å². The van der Waals surface area contributed by atoms with Crippen LogP contribution in [0.3, 0.4) is 0 Å². The van der Waals surface area contributed by atoms with Crippen molar-refractivity contribution in [1.29, 1.82) is 0 Å². The van der Waals surface area contributed by atoms with Crippen molar-refractivity contribution < 1.29 is 4.74 Å². The van der Waals surface area contributed by atoms with Gasteiger partial charge < -0.3 is 15.8 Å². The van der Waals surface area contributed by atoms with Crippen molar-refractivity contribution in [1.82, 2.24) is 5.32 Å². The van der Waals surface area contributed by atoms with E-state index < -0.39 is 0 Å². The van der Waals surface area contributed by atoms with Crippen molar-refractivity contribution in [3.8, 4) is 0 Å². The summed E-state index contributed by atoms with van der Waals surface area (Å²) in [6.45, 7) is 7.96. The summed E-state index contributed by atoms with van der Waals surface area (Å²) in [6.07, 6.45) is 2.81. The molecule has 1 fully saturated rings. The van der Waals surface area contributed by atoms with E-state index in [0.717, 1.165) is 26.2 Å². The summed E-state index contributed by atoms with van der Waals surface area (Å²) >= 11 is 0. The largest absolute Gasteiger partial charge is 0.376 e. The van der Waals surface area contributed by atoms with Crippen molar-refractivity contribution in [2.24, 2.45) is 5.73 Å². The van der Waals surface area contributed by atoms with Crippen molar-refractivity contribution in [2.45, 2.75) is 32.8 Å². The third-order valence-electron chi connectivity index (χ3n) is 1.67. The normalized spacial score (nSPS) is 22.8. The van der Waals surface area contributed by atoms with Gasteiger partial charge in [-0.05, 0) is 19.9 Å². The average Bonchev–Trinajstić information content (AvgIpc) is 2.08. The molecule has 3 nitrogen and oxygen atoms in total. The molecule has 1 aliphatic rings. The first-order valence-corrected chi connectivity index (χ1v) is 4.83. The van der Waals surface area contributed by atoms with Crippen LogP contribution in [0.15, 0.2) is 0 Å². The molecule has 0 spiro atoms. The van der Waals surface area contributed by atoms with Gasteiger partial charge in [0.25, 0.3) is 0 Å². The Hall–Kier alpha value is -0.120. The molecule has 0 radical (unpaired) electrons. The highest BCUT2D eigenvalue weighted by Gasteiger charge is 2.04. The molecule has 1 aliphatic heterocycles. The van der Waals surface area contributed by atoms with Gasteiger partial charge in [0, 0.05) is 13.1 Å². The van der Waals surface area contributed by atoms with E-state index in [9.17, 15) is 0 Å². The van der Waals surface area contributed by atoms with Crippen LogP contribution in [-0.2, 0) is 4.74 Å². The first-order chi connectivity index (χ1) is 5.81. The fourth-order valence-corrected chi connectivity index (χ4v) is 0.901. The first-order valence-electron chi connectivity index (χ1n) is 4.83. The lowest BCUT2D eigenvalue weighted by Gasteiger charge is -2.18. The van der Waals surface area contributed by atoms with Gasteiger partial charge in [0.15, 0.2) is 0 Å². The van der Waals surface area contributed by atoms with Crippen molar-refractivity contribution >= 4 is 0 Å². The highest BCUT2D eigenvalue weighted by Crippen LogP contribution is 1.91. The molecule has 74 valence electrons. The lowest BCUT2D eigenvalue weighted by atomic mass is 10.3. The number of morpholine rings is 1. The van der Waals surface area contributed by atoms with Gasteiger partial charge in [-0.1, -0.05) is 13.3 Å². The minimum Gasteiger partial charge on any atom is -0.376 e. The second-order valence-corrected chi connectivity index (χ2v) is 3.03. The summed E-state index contributed by atoms with van der Waals surface area (Å²) in [7, 11) is 0. The molecule has 0 aromatic carbocycles. The minimum absolute atomic E-state index is 0.425. The Bertz CT molecular complexity index is 80.6. The monoisotopic (exact) mass is 174 g/mol. The Morgan fingerprint density at radius 2 is 2.33 bits per heavy atom. The van der Waals surface area contributed by atoms with Crippen LogP contribution in [0.25, 0.3) is 0 Å². The third-order valence-corrected chi connectivity index (χ3v) is 1.67. The van der Waals surface area contributed by atoms with Gasteiger partial charge in [-0.2, -0.15) is 0 Å². The SMILES string of the molecule is CC1CNCCO1.CCCCN. The topological polar surface area (TPSA) is 47.3 Å². The third kappa shape index (κ3) is 7.98. The highest BCUT2D eigenvalue weighted by molar-refractivity contribution is 4.59. The fourth-order valence-electron chi connectivity index (χ4n) is 0.901. The van der Waals surface area contributed by atoms with Crippen LogP contribution in [0.4, 0.5) is 0 Å². The van der Waals surface area contributed by atoms with Gasteiger partial charge in [0.05, 0.1) is 12.7 Å². The van der Waals surface area contributed by atoms with Gasteiger partial charge in [0.2, 0.25) is 0 Å². The van der Waals surface area contributed by atoms with Gasteiger partial charge in [-0.3, -0.25) is 0 Å². The number of unbranched alkanes of at least 4 members (excludes halogenated alkanes) is 1. The molecular weight excluding hydrogens is 152 g/mol. The molecule has 0 aromatic rings. The summed E-state index contributed by atoms with van der Waals surface area (Å²) in [6, 6.07) is 0. The lowest BCUT2D eigenvalue weighted by Crippen LogP contribution is -2.36. The van der Waals surface area contributed by atoms with Gasteiger partial charge in [-0.25, -0.2) is 0 Å². The Labute approximate surface area is 75.7 Å². The molecule has 0 saturated carbocycles. The number of hydrogen-bond acceptors (Lipinski definition) is 3. The fraction of sp³-hybridized carbons (Fsp3) is 1.00. The van der Waals surface area contributed by atoms with Crippen LogP contribution in [0.2, 0.25) is 0 Å². The summed E-state index contributed by atoms with van der Waals surface area (Å²) in [4.78, 5) is 0. The minimum atomic E-state index is 0.425. The first kappa shape index (κ1) is 11.9. The Kier molecular flexibility index (Phi) is 8.88. The molecule has 3 N–H and O–H groups in total. The molecule has 12 heavy (non-hydrogen) atoms. The Morgan fingerprint density at radius 3 is 2.50 bits per heavy atom. The maximum absolute atomic E-state index is 5.22. The molecule has 1 saturated heterocycles. The molecule has 3 heteroatoms. The number of nitrogens with two attached hydrogens (primary N) is 1. The maximum atomic E-state index is 5.22. The summed E-state index contributed by atoms with van der Waals surface area (Å²) in [5.74, 6) is 0. The molecule has 1 atom stereocenters. The zero-order valence-corrected chi connectivity index (χ0v) is 8.31. The molecule has 0 aromatic heterocycles.